The number of benzene rings is 3. The molecule has 0 saturated carbocycles. The van der Waals surface area contributed by atoms with Crippen LogP contribution in [0.1, 0.15) is 31.0 Å². The number of amidine groups is 1. The number of fused-ring (bicyclic) bond motifs is 1. The molecule has 0 saturated heterocycles. The summed E-state index contributed by atoms with van der Waals surface area (Å²) in [4.78, 5) is 17.4. The van der Waals surface area contributed by atoms with Crippen molar-refractivity contribution in [2.45, 2.75) is 19.9 Å². The lowest BCUT2D eigenvalue weighted by molar-refractivity contribution is -0.117. The maximum absolute atomic E-state index is 12.7. The summed E-state index contributed by atoms with van der Waals surface area (Å²) in [5, 5.41) is 9.69. The second-order valence-electron chi connectivity index (χ2n) is 9.45. The Balaban J connectivity index is 1.46. The van der Waals surface area contributed by atoms with Crippen molar-refractivity contribution in [3.8, 4) is 22.5 Å². The van der Waals surface area contributed by atoms with Gasteiger partial charge in [0.1, 0.15) is 24.3 Å². The number of aliphatic imine (C=N–C) groups is 1. The molecule has 2 heterocycles. The Morgan fingerprint density at radius 1 is 0.946 bits per heavy atom. The van der Waals surface area contributed by atoms with Crippen LogP contribution in [0.4, 0.5) is 11.6 Å². The van der Waals surface area contributed by atoms with Crippen molar-refractivity contribution >= 4 is 23.3 Å². The smallest absolute Gasteiger partial charge is 0.245 e. The normalized spacial score (nSPS) is 13.4. The minimum Gasteiger partial charge on any atom is -0.439 e. The molecule has 5 rings (SSSR count). The van der Waals surface area contributed by atoms with E-state index in [0.717, 1.165) is 46.0 Å². The van der Waals surface area contributed by atoms with Gasteiger partial charge in [0.25, 0.3) is 0 Å². The van der Waals surface area contributed by atoms with Crippen LogP contribution in [0.3, 0.4) is 0 Å². The summed E-state index contributed by atoms with van der Waals surface area (Å²) in [5.41, 5.74) is 11.4. The van der Waals surface area contributed by atoms with E-state index in [-0.39, 0.29) is 5.91 Å². The average molecular weight is 494 g/mol. The first-order valence-corrected chi connectivity index (χ1v) is 12.5. The fourth-order valence-corrected chi connectivity index (χ4v) is 4.32. The van der Waals surface area contributed by atoms with Crippen molar-refractivity contribution in [2.24, 2.45) is 16.6 Å². The molecule has 0 aliphatic carbocycles. The summed E-state index contributed by atoms with van der Waals surface area (Å²) in [6, 6.07) is 26.4. The molecule has 1 aromatic heterocycles. The first-order valence-electron chi connectivity index (χ1n) is 12.5. The van der Waals surface area contributed by atoms with E-state index < -0.39 is 6.04 Å². The molecular weight excluding hydrogens is 462 g/mol. The van der Waals surface area contributed by atoms with Crippen LogP contribution in [0.2, 0.25) is 0 Å². The lowest BCUT2D eigenvalue weighted by Gasteiger charge is -2.18. The highest BCUT2D eigenvalue weighted by Gasteiger charge is 2.28. The number of nitrogens with two attached hydrogens (primary N) is 1. The number of furan rings is 1. The van der Waals surface area contributed by atoms with Crippen LogP contribution in [-0.4, -0.2) is 25.0 Å². The lowest BCUT2D eigenvalue weighted by Crippen LogP contribution is -2.31. The van der Waals surface area contributed by atoms with Crippen LogP contribution >= 0.6 is 0 Å². The van der Waals surface area contributed by atoms with Gasteiger partial charge < -0.3 is 26.1 Å². The largest absolute Gasteiger partial charge is 0.439 e. The van der Waals surface area contributed by atoms with E-state index in [9.17, 15) is 4.79 Å². The topological polar surface area (TPSA) is 105 Å². The van der Waals surface area contributed by atoms with E-state index in [1.807, 2.05) is 72.8 Å². The molecule has 4 aromatic rings. The number of carbonyl (C=O) groups is 1. The van der Waals surface area contributed by atoms with Crippen molar-refractivity contribution in [3.63, 3.8) is 0 Å². The highest BCUT2D eigenvalue weighted by atomic mass is 16.4. The molecule has 3 aromatic carbocycles. The number of nitrogens with zero attached hydrogens (tertiary/aromatic N) is 1. The third-order valence-electron chi connectivity index (χ3n) is 6.22. The van der Waals surface area contributed by atoms with Crippen LogP contribution in [0.25, 0.3) is 22.5 Å². The summed E-state index contributed by atoms with van der Waals surface area (Å²) in [6.45, 7) is 5.59. The fraction of sp³-hybridized carbons (Fsp3) is 0.200. The molecule has 1 aliphatic heterocycles. The highest BCUT2D eigenvalue weighted by Crippen LogP contribution is 2.43. The standard InChI is InChI=1S/C30H31N5O2/c1-19(2)17-32-28-25-24(20-9-5-3-6-10-20)27(37-30(25)34-18-33-28)22-13-15-23(16-14-22)35-29(36)26(31)21-11-7-4-8-12-21/h3-16,19,26,34H,17-18,31H2,1-2H3,(H,32,33)(H,35,36). The van der Waals surface area contributed by atoms with Crippen LogP contribution in [0, 0.1) is 5.92 Å². The van der Waals surface area contributed by atoms with Gasteiger partial charge in [0.2, 0.25) is 11.8 Å². The van der Waals surface area contributed by atoms with Crippen LogP contribution in [-0.2, 0) is 4.79 Å². The predicted octanol–water partition coefficient (Wildman–Crippen LogP) is 5.63. The van der Waals surface area contributed by atoms with Crippen molar-refractivity contribution < 1.29 is 9.21 Å². The van der Waals surface area contributed by atoms with Crippen LogP contribution < -0.4 is 21.7 Å². The zero-order chi connectivity index (χ0) is 25.8. The molecule has 188 valence electrons. The van der Waals surface area contributed by atoms with Crippen molar-refractivity contribution in [1.82, 2.24) is 5.32 Å². The first kappa shape index (κ1) is 24.3. The van der Waals surface area contributed by atoms with E-state index in [1.165, 1.54) is 0 Å². The number of hydrogen-bond donors (Lipinski definition) is 4. The van der Waals surface area contributed by atoms with E-state index in [2.05, 4.69) is 41.9 Å². The molecule has 1 atom stereocenters. The molecule has 0 spiro atoms. The second kappa shape index (κ2) is 10.7. The fourth-order valence-electron chi connectivity index (χ4n) is 4.32. The van der Waals surface area contributed by atoms with E-state index in [4.69, 9.17) is 15.1 Å². The number of rotatable bonds is 7. The van der Waals surface area contributed by atoms with Gasteiger partial charge >= 0.3 is 0 Å². The van der Waals surface area contributed by atoms with Crippen LogP contribution in [0.15, 0.2) is 94.3 Å². The van der Waals surface area contributed by atoms with Gasteiger partial charge in [-0.25, -0.2) is 4.99 Å². The third-order valence-corrected chi connectivity index (χ3v) is 6.22. The minimum atomic E-state index is -0.746. The molecule has 0 bridgehead atoms. The van der Waals surface area contributed by atoms with Crippen molar-refractivity contribution in [2.75, 3.05) is 23.8 Å². The molecule has 37 heavy (non-hydrogen) atoms. The van der Waals surface area contributed by atoms with Gasteiger partial charge in [0.05, 0.1) is 5.56 Å². The SMILES string of the molecule is CC(C)CNC1=NCNc2oc(-c3ccc(NC(=O)C(N)c4ccccc4)cc3)c(-c3ccccc3)c21. The predicted molar refractivity (Wildman–Crippen MR) is 149 cm³/mol. The molecule has 7 nitrogen and oxygen atoms in total. The van der Waals surface area contributed by atoms with Crippen LogP contribution in [0.5, 0.6) is 0 Å². The summed E-state index contributed by atoms with van der Waals surface area (Å²) in [6.07, 6.45) is 0. The molecule has 5 N–H and O–H groups in total. The Morgan fingerprint density at radius 3 is 2.30 bits per heavy atom. The summed E-state index contributed by atoms with van der Waals surface area (Å²) in [7, 11) is 0. The van der Waals surface area contributed by atoms with Gasteiger partial charge in [-0.3, -0.25) is 4.79 Å². The first-order chi connectivity index (χ1) is 18.0. The Morgan fingerprint density at radius 2 is 1.62 bits per heavy atom. The van der Waals surface area contributed by atoms with Gasteiger partial charge in [0, 0.05) is 23.4 Å². The van der Waals surface area contributed by atoms with E-state index in [0.29, 0.717) is 24.2 Å². The molecule has 0 fully saturated rings. The van der Waals surface area contributed by atoms with Crippen molar-refractivity contribution in [3.05, 3.63) is 96.1 Å². The van der Waals surface area contributed by atoms with Gasteiger partial charge in [-0.2, -0.15) is 0 Å². The average Bonchev–Trinajstić information content (AvgIpc) is 3.33. The Hall–Kier alpha value is -4.36. The molecule has 0 radical (unpaired) electrons. The maximum Gasteiger partial charge on any atom is 0.245 e. The molecule has 1 aliphatic rings. The minimum absolute atomic E-state index is 0.265. The second-order valence-corrected chi connectivity index (χ2v) is 9.45. The Bertz CT molecular complexity index is 1390. The maximum atomic E-state index is 12.7. The molecule has 7 heteroatoms. The summed E-state index contributed by atoms with van der Waals surface area (Å²) >= 11 is 0. The quantitative estimate of drug-likeness (QED) is 0.267. The number of hydrogen-bond acceptors (Lipinski definition) is 6. The molecule has 1 amide bonds. The number of anilines is 2. The summed E-state index contributed by atoms with van der Waals surface area (Å²) < 4.78 is 6.39. The van der Waals surface area contributed by atoms with Gasteiger partial charge in [-0.1, -0.05) is 74.5 Å². The zero-order valence-electron chi connectivity index (χ0n) is 21.0. The monoisotopic (exact) mass is 493 g/mol. The Labute approximate surface area is 216 Å². The van der Waals surface area contributed by atoms with Crippen molar-refractivity contribution in [1.29, 1.82) is 0 Å². The van der Waals surface area contributed by atoms with E-state index in [1.54, 1.807) is 0 Å². The molecule has 1 unspecified atom stereocenters. The highest BCUT2D eigenvalue weighted by molar-refractivity contribution is 6.12. The molecular formula is C30H31N5O2. The zero-order valence-corrected chi connectivity index (χ0v) is 21.0. The van der Waals surface area contributed by atoms with Gasteiger partial charge in [0.15, 0.2) is 0 Å². The third kappa shape index (κ3) is 5.27. The van der Waals surface area contributed by atoms with Gasteiger partial charge in [-0.15, -0.1) is 0 Å². The summed E-state index contributed by atoms with van der Waals surface area (Å²) in [5.74, 6) is 2.48. The number of carbonyl (C=O) groups excluding carboxylic acids is 1. The Kier molecular flexibility index (Phi) is 7.05. The number of nitrogens with one attached hydrogen (secondary N) is 3. The van der Waals surface area contributed by atoms with Gasteiger partial charge in [-0.05, 0) is 41.3 Å². The van der Waals surface area contributed by atoms with E-state index >= 15 is 0 Å². The lowest BCUT2D eigenvalue weighted by atomic mass is 9.96. The number of amides is 1.